The van der Waals surface area contributed by atoms with Crippen molar-refractivity contribution in [3.8, 4) is 0 Å². The summed E-state index contributed by atoms with van der Waals surface area (Å²) in [6.45, 7) is 6.13. The van der Waals surface area contributed by atoms with E-state index in [9.17, 15) is 17.6 Å². The molecule has 1 amide bonds. The zero-order chi connectivity index (χ0) is 22.4. The Morgan fingerprint density at radius 2 is 1.68 bits per heavy atom. The zero-order valence-electron chi connectivity index (χ0n) is 18.0. The molecule has 0 bridgehead atoms. The third-order valence-corrected chi connectivity index (χ3v) is 7.42. The van der Waals surface area contributed by atoms with E-state index in [1.807, 2.05) is 35.2 Å². The summed E-state index contributed by atoms with van der Waals surface area (Å²) in [6, 6.07) is 14.7. The van der Waals surface area contributed by atoms with Gasteiger partial charge in [-0.1, -0.05) is 44.2 Å². The molecule has 0 spiro atoms. The fraction of sp³-hybridized carbons (Fsp3) is 0.435. The molecule has 168 valence electrons. The Bertz CT molecular complexity index is 965. The van der Waals surface area contributed by atoms with Gasteiger partial charge in [-0.3, -0.25) is 9.69 Å². The van der Waals surface area contributed by atoms with E-state index < -0.39 is 15.8 Å². The molecule has 0 saturated carbocycles. The van der Waals surface area contributed by atoms with E-state index in [1.54, 1.807) is 0 Å². The summed E-state index contributed by atoms with van der Waals surface area (Å²) < 4.78 is 40.3. The first kappa shape index (κ1) is 23.4. The first-order valence-corrected chi connectivity index (χ1v) is 12.0. The summed E-state index contributed by atoms with van der Waals surface area (Å²) in [4.78, 5) is 14.8. The lowest BCUT2D eigenvalue weighted by Crippen LogP contribution is -2.42. The van der Waals surface area contributed by atoms with Crippen LogP contribution in [-0.2, 0) is 14.8 Å². The minimum atomic E-state index is -3.68. The van der Waals surface area contributed by atoms with Crippen LogP contribution in [0.2, 0.25) is 0 Å². The molecule has 0 radical (unpaired) electrons. The monoisotopic (exact) mass is 447 g/mol. The highest BCUT2D eigenvalue weighted by atomic mass is 32.2. The number of rotatable bonds is 7. The van der Waals surface area contributed by atoms with Gasteiger partial charge in [-0.25, -0.2) is 12.8 Å². The van der Waals surface area contributed by atoms with Crippen molar-refractivity contribution in [2.75, 3.05) is 32.7 Å². The lowest BCUT2D eigenvalue weighted by atomic mass is 9.96. The van der Waals surface area contributed by atoms with Gasteiger partial charge in [0.05, 0.1) is 17.5 Å². The number of hydrogen-bond acceptors (Lipinski definition) is 4. The third kappa shape index (κ3) is 6.12. The second-order valence-corrected chi connectivity index (χ2v) is 10.1. The molecule has 6 nitrogen and oxygen atoms in total. The summed E-state index contributed by atoms with van der Waals surface area (Å²) in [6.07, 6.45) is 0.625. The number of benzene rings is 2. The maximum absolute atomic E-state index is 13.2. The smallest absolute Gasteiger partial charge is 0.243 e. The lowest BCUT2D eigenvalue weighted by molar-refractivity contribution is -0.123. The molecule has 1 atom stereocenters. The van der Waals surface area contributed by atoms with E-state index in [1.165, 1.54) is 16.4 Å². The minimum Gasteiger partial charge on any atom is -0.348 e. The number of nitrogens with zero attached hydrogens (tertiary/aromatic N) is 2. The van der Waals surface area contributed by atoms with Crippen molar-refractivity contribution in [2.24, 2.45) is 5.92 Å². The van der Waals surface area contributed by atoms with Crippen LogP contribution in [0.4, 0.5) is 4.39 Å². The van der Waals surface area contributed by atoms with Crippen LogP contribution in [0.25, 0.3) is 0 Å². The first-order chi connectivity index (χ1) is 14.8. The number of sulfonamides is 1. The summed E-state index contributed by atoms with van der Waals surface area (Å²) in [5.41, 5.74) is 1.07. The van der Waals surface area contributed by atoms with Crippen LogP contribution in [0.1, 0.15) is 31.9 Å². The van der Waals surface area contributed by atoms with E-state index in [2.05, 4.69) is 19.2 Å². The highest BCUT2D eigenvalue weighted by molar-refractivity contribution is 7.89. The Kier molecular flexibility index (Phi) is 7.80. The second-order valence-electron chi connectivity index (χ2n) is 8.19. The van der Waals surface area contributed by atoms with Crippen LogP contribution < -0.4 is 5.32 Å². The van der Waals surface area contributed by atoms with E-state index in [-0.39, 0.29) is 29.3 Å². The normalized spacial score (nSPS) is 17.3. The van der Waals surface area contributed by atoms with Gasteiger partial charge < -0.3 is 5.32 Å². The highest BCUT2D eigenvalue weighted by Gasteiger charge is 2.28. The molecule has 8 heteroatoms. The average Bonchev–Trinajstić information content (AvgIpc) is 2.99. The number of carbonyl (C=O) groups is 1. The van der Waals surface area contributed by atoms with Crippen LogP contribution in [-0.4, -0.2) is 56.3 Å². The van der Waals surface area contributed by atoms with Gasteiger partial charge in [0, 0.05) is 19.6 Å². The van der Waals surface area contributed by atoms with Crippen molar-refractivity contribution in [3.05, 3.63) is 66.0 Å². The highest BCUT2D eigenvalue weighted by Crippen LogP contribution is 2.22. The number of hydrogen-bond donors (Lipinski definition) is 1. The number of amides is 1. The Balaban J connectivity index is 1.59. The molecule has 3 rings (SSSR count). The number of nitrogens with one attached hydrogen (secondary N) is 1. The van der Waals surface area contributed by atoms with Gasteiger partial charge in [0.2, 0.25) is 15.9 Å². The summed E-state index contributed by atoms with van der Waals surface area (Å²) in [5, 5.41) is 3.13. The minimum absolute atomic E-state index is 0.0719. The molecule has 1 aliphatic heterocycles. The van der Waals surface area contributed by atoms with Gasteiger partial charge in [-0.15, -0.1) is 0 Å². The largest absolute Gasteiger partial charge is 0.348 e. The fourth-order valence-corrected chi connectivity index (χ4v) is 5.29. The zero-order valence-corrected chi connectivity index (χ0v) is 18.8. The Labute approximate surface area is 184 Å². The molecule has 1 aliphatic rings. The molecule has 2 aromatic rings. The lowest BCUT2D eigenvalue weighted by Gasteiger charge is -2.25. The number of halogens is 1. The SMILES string of the molecule is CC(C)C(NC(=O)CN1CCCN(S(=O)(=O)c2ccc(F)cc2)CC1)c1ccccc1. The fourth-order valence-electron chi connectivity index (χ4n) is 3.82. The molecule has 1 saturated heterocycles. The van der Waals surface area contributed by atoms with E-state index >= 15 is 0 Å². The predicted octanol–water partition coefficient (Wildman–Crippen LogP) is 3.04. The van der Waals surface area contributed by atoms with Gasteiger partial charge in [-0.05, 0) is 48.7 Å². The number of carbonyl (C=O) groups excluding carboxylic acids is 1. The molecule has 31 heavy (non-hydrogen) atoms. The molecular formula is C23H30FN3O3S. The third-order valence-electron chi connectivity index (χ3n) is 5.51. The van der Waals surface area contributed by atoms with E-state index in [0.29, 0.717) is 32.6 Å². The van der Waals surface area contributed by atoms with Crippen molar-refractivity contribution in [1.29, 1.82) is 0 Å². The quantitative estimate of drug-likeness (QED) is 0.708. The van der Waals surface area contributed by atoms with Crippen molar-refractivity contribution >= 4 is 15.9 Å². The Hall–Kier alpha value is -2.29. The van der Waals surface area contributed by atoms with Gasteiger partial charge in [-0.2, -0.15) is 4.31 Å². The average molecular weight is 448 g/mol. The van der Waals surface area contributed by atoms with Crippen LogP contribution in [0.5, 0.6) is 0 Å². The topological polar surface area (TPSA) is 69.7 Å². The van der Waals surface area contributed by atoms with Crippen molar-refractivity contribution in [2.45, 2.75) is 31.2 Å². The van der Waals surface area contributed by atoms with Gasteiger partial charge in [0.1, 0.15) is 5.82 Å². The van der Waals surface area contributed by atoms with Gasteiger partial charge >= 0.3 is 0 Å². The molecule has 2 aromatic carbocycles. The Morgan fingerprint density at radius 1 is 1.00 bits per heavy atom. The second kappa shape index (κ2) is 10.3. The van der Waals surface area contributed by atoms with Crippen LogP contribution in [0, 0.1) is 11.7 Å². The molecule has 1 N–H and O–H groups in total. The molecule has 1 heterocycles. The molecule has 0 aromatic heterocycles. The summed E-state index contributed by atoms with van der Waals surface area (Å²) in [7, 11) is -3.68. The Morgan fingerprint density at radius 3 is 2.32 bits per heavy atom. The van der Waals surface area contributed by atoms with Crippen molar-refractivity contribution in [3.63, 3.8) is 0 Å². The van der Waals surface area contributed by atoms with Crippen LogP contribution in [0.3, 0.4) is 0 Å². The van der Waals surface area contributed by atoms with E-state index in [4.69, 9.17) is 0 Å². The van der Waals surface area contributed by atoms with Crippen molar-refractivity contribution in [1.82, 2.24) is 14.5 Å². The first-order valence-electron chi connectivity index (χ1n) is 10.6. The van der Waals surface area contributed by atoms with Crippen LogP contribution >= 0.6 is 0 Å². The molecule has 0 aliphatic carbocycles. The predicted molar refractivity (Wildman–Crippen MR) is 118 cm³/mol. The summed E-state index contributed by atoms with van der Waals surface area (Å²) in [5.74, 6) is -0.300. The molecular weight excluding hydrogens is 417 g/mol. The summed E-state index contributed by atoms with van der Waals surface area (Å²) >= 11 is 0. The van der Waals surface area contributed by atoms with E-state index in [0.717, 1.165) is 17.7 Å². The molecule has 1 unspecified atom stereocenters. The van der Waals surface area contributed by atoms with Crippen molar-refractivity contribution < 1.29 is 17.6 Å². The maximum Gasteiger partial charge on any atom is 0.243 e. The van der Waals surface area contributed by atoms with Gasteiger partial charge in [0.25, 0.3) is 0 Å². The molecule has 1 fully saturated rings. The van der Waals surface area contributed by atoms with Gasteiger partial charge in [0.15, 0.2) is 0 Å². The maximum atomic E-state index is 13.2. The van der Waals surface area contributed by atoms with Crippen LogP contribution in [0.15, 0.2) is 59.5 Å². The standard InChI is InChI=1S/C23H30FN3O3S/c1-18(2)23(19-7-4-3-5-8-19)25-22(28)17-26-13-6-14-27(16-15-26)31(29,30)21-11-9-20(24)10-12-21/h3-5,7-12,18,23H,6,13-17H2,1-2H3,(H,25,28).